The normalized spacial score (nSPS) is 10.1. The molecule has 0 atom stereocenters. The first-order valence-corrected chi connectivity index (χ1v) is 4.97. The lowest BCUT2D eigenvalue weighted by molar-refractivity contribution is 0.918. The number of nitrogens with zero attached hydrogens (tertiary/aromatic N) is 4. The second-order valence-corrected chi connectivity index (χ2v) is 3.88. The third-order valence-electron chi connectivity index (χ3n) is 1.57. The summed E-state index contributed by atoms with van der Waals surface area (Å²) < 4.78 is 0. The highest BCUT2D eigenvalue weighted by Crippen LogP contribution is 2.13. The monoisotopic (exact) mass is 207 g/mol. The Bertz CT molecular complexity index is 399. The summed E-state index contributed by atoms with van der Waals surface area (Å²) >= 11 is 1.53. The predicted octanol–water partition coefficient (Wildman–Crippen LogP) is 1.25. The smallest absolute Gasteiger partial charge is 0.205 e. The molecule has 0 aliphatic rings. The second kappa shape index (κ2) is 4.10. The van der Waals surface area contributed by atoms with E-state index in [4.69, 9.17) is 0 Å². The van der Waals surface area contributed by atoms with Crippen LogP contribution in [0.15, 0.2) is 18.3 Å². The summed E-state index contributed by atoms with van der Waals surface area (Å²) in [6.07, 6.45) is 1.65. The highest BCUT2D eigenvalue weighted by atomic mass is 32.1. The molecule has 0 bridgehead atoms. The molecule has 6 heteroatoms. The second-order valence-electron chi connectivity index (χ2n) is 2.69. The van der Waals surface area contributed by atoms with Crippen LogP contribution in [0.5, 0.6) is 0 Å². The molecule has 2 aromatic rings. The van der Waals surface area contributed by atoms with Crippen LogP contribution in [0.25, 0.3) is 0 Å². The minimum atomic E-state index is 0.627. The van der Waals surface area contributed by atoms with E-state index in [9.17, 15) is 0 Å². The van der Waals surface area contributed by atoms with Crippen LogP contribution in [0.2, 0.25) is 0 Å². The molecular weight excluding hydrogens is 198 g/mol. The minimum absolute atomic E-state index is 0.627. The third kappa shape index (κ3) is 2.23. The minimum Gasteiger partial charge on any atom is -0.354 e. The first kappa shape index (κ1) is 9.01. The van der Waals surface area contributed by atoms with Gasteiger partial charge in [0.1, 0.15) is 5.01 Å². The standard InChI is InChI=1S/C8H9N5S/c1-6-11-13-8(14-6)9-5-7-3-2-4-10-12-7/h2-4H,5H2,1H3,(H,9,13). The maximum Gasteiger partial charge on any atom is 0.205 e. The zero-order valence-corrected chi connectivity index (χ0v) is 8.45. The van der Waals surface area contributed by atoms with Crippen molar-refractivity contribution in [1.82, 2.24) is 20.4 Å². The number of nitrogens with one attached hydrogen (secondary N) is 1. The topological polar surface area (TPSA) is 63.6 Å². The Labute approximate surface area is 85.2 Å². The Morgan fingerprint density at radius 2 is 2.29 bits per heavy atom. The summed E-state index contributed by atoms with van der Waals surface area (Å²) in [6.45, 7) is 2.55. The zero-order valence-electron chi connectivity index (χ0n) is 7.64. The number of aryl methyl sites for hydroxylation is 1. The van der Waals surface area contributed by atoms with Crippen molar-refractivity contribution in [3.63, 3.8) is 0 Å². The van der Waals surface area contributed by atoms with E-state index in [-0.39, 0.29) is 0 Å². The molecule has 2 heterocycles. The largest absolute Gasteiger partial charge is 0.354 e. The first-order chi connectivity index (χ1) is 6.84. The molecule has 0 aliphatic heterocycles. The van der Waals surface area contributed by atoms with E-state index in [1.54, 1.807) is 6.20 Å². The average Bonchev–Trinajstić information content (AvgIpc) is 2.63. The van der Waals surface area contributed by atoms with Crippen molar-refractivity contribution in [2.24, 2.45) is 0 Å². The molecule has 0 amide bonds. The van der Waals surface area contributed by atoms with E-state index < -0.39 is 0 Å². The fraction of sp³-hybridized carbons (Fsp3) is 0.250. The number of aromatic nitrogens is 4. The molecule has 0 fully saturated rings. The van der Waals surface area contributed by atoms with Gasteiger partial charge in [-0.2, -0.15) is 10.2 Å². The average molecular weight is 207 g/mol. The summed E-state index contributed by atoms with van der Waals surface area (Å²) in [7, 11) is 0. The van der Waals surface area contributed by atoms with Crippen molar-refractivity contribution >= 4 is 16.5 Å². The van der Waals surface area contributed by atoms with E-state index in [2.05, 4.69) is 25.7 Å². The lowest BCUT2D eigenvalue weighted by Crippen LogP contribution is -2.01. The van der Waals surface area contributed by atoms with Gasteiger partial charge in [-0.05, 0) is 19.1 Å². The van der Waals surface area contributed by atoms with E-state index >= 15 is 0 Å². The quantitative estimate of drug-likeness (QED) is 0.820. The summed E-state index contributed by atoms with van der Waals surface area (Å²) in [5.41, 5.74) is 0.889. The molecule has 0 radical (unpaired) electrons. The molecule has 0 aromatic carbocycles. The lowest BCUT2D eigenvalue weighted by Gasteiger charge is -1.98. The SMILES string of the molecule is Cc1nnc(NCc2cccnn2)s1. The lowest BCUT2D eigenvalue weighted by atomic mass is 10.4. The van der Waals surface area contributed by atoms with Gasteiger partial charge in [-0.3, -0.25) is 0 Å². The van der Waals surface area contributed by atoms with Crippen LogP contribution >= 0.6 is 11.3 Å². The van der Waals surface area contributed by atoms with Gasteiger partial charge in [0.15, 0.2) is 0 Å². The van der Waals surface area contributed by atoms with Gasteiger partial charge >= 0.3 is 0 Å². The summed E-state index contributed by atoms with van der Waals surface area (Å²) in [5, 5.41) is 20.5. The molecule has 0 aliphatic carbocycles. The van der Waals surface area contributed by atoms with Crippen LogP contribution in [-0.4, -0.2) is 20.4 Å². The van der Waals surface area contributed by atoms with Gasteiger partial charge in [-0.15, -0.1) is 10.2 Å². The Hall–Kier alpha value is -1.56. The molecule has 2 aromatic heterocycles. The van der Waals surface area contributed by atoms with Gasteiger partial charge in [0.25, 0.3) is 0 Å². The summed E-state index contributed by atoms with van der Waals surface area (Å²) in [6, 6.07) is 3.77. The van der Waals surface area contributed by atoms with Gasteiger partial charge in [-0.25, -0.2) is 0 Å². The van der Waals surface area contributed by atoms with Gasteiger partial charge in [0.05, 0.1) is 12.2 Å². The molecule has 5 nitrogen and oxygen atoms in total. The van der Waals surface area contributed by atoms with Crippen molar-refractivity contribution < 1.29 is 0 Å². The molecule has 0 saturated carbocycles. The predicted molar refractivity (Wildman–Crippen MR) is 54.0 cm³/mol. The molecule has 0 saturated heterocycles. The van der Waals surface area contributed by atoms with Crippen molar-refractivity contribution in [2.75, 3.05) is 5.32 Å². The maximum atomic E-state index is 3.94. The molecule has 2 rings (SSSR count). The van der Waals surface area contributed by atoms with E-state index in [1.807, 2.05) is 19.1 Å². The van der Waals surface area contributed by atoms with Gasteiger partial charge < -0.3 is 5.32 Å². The van der Waals surface area contributed by atoms with Crippen molar-refractivity contribution in [3.8, 4) is 0 Å². The van der Waals surface area contributed by atoms with Crippen molar-refractivity contribution in [2.45, 2.75) is 13.5 Å². The molecule has 14 heavy (non-hydrogen) atoms. The fourth-order valence-corrected chi connectivity index (χ4v) is 1.55. The molecule has 0 spiro atoms. The zero-order chi connectivity index (χ0) is 9.80. The number of hydrogen-bond acceptors (Lipinski definition) is 6. The molecular formula is C8H9N5S. The van der Waals surface area contributed by atoms with Crippen LogP contribution in [0.4, 0.5) is 5.13 Å². The van der Waals surface area contributed by atoms with Crippen molar-refractivity contribution in [3.05, 3.63) is 29.0 Å². The fourth-order valence-electron chi connectivity index (χ4n) is 0.962. The molecule has 72 valence electrons. The van der Waals surface area contributed by atoms with Gasteiger partial charge in [0.2, 0.25) is 5.13 Å². The summed E-state index contributed by atoms with van der Waals surface area (Å²) in [5.74, 6) is 0. The van der Waals surface area contributed by atoms with Crippen LogP contribution in [0.3, 0.4) is 0 Å². The van der Waals surface area contributed by atoms with Crippen LogP contribution in [-0.2, 0) is 6.54 Å². The number of rotatable bonds is 3. The number of anilines is 1. The van der Waals surface area contributed by atoms with E-state index in [0.29, 0.717) is 6.54 Å². The van der Waals surface area contributed by atoms with E-state index in [1.165, 1.54) is 11.3 Å². The highest BCUT2D eigenvalue weighted by Gasteiger charge is 1.99. The number of hydrogen-bond donors (Lipinski definition) is 1. The van der Waals surface area contributed by atoms with Crippen LogP contribution in [0, 0.1) is 6.92 Å². The van der Waals surface area contributed by atoms with Gasteiger partial charge in [0, 0.05) is 6.20 Å². The Kier molecular flexibility index (Phi) is 2.64. The molecule has 1 N–H and O–H groups in total. The van der Waals surface area contributed by atoms with Crippen LogP contribution < -0.4 is 5.32 Å². The maximum absolute atomic E-state index is 3.94. The molecule has 0 unspecified atom stereocenters. The van der Waals surface area contributed by atoms with Crippen molar-refractivity contribution in [1.29, 1.82) is 0 Å². The Balaban J connectivity index is 1.95. The Morgan fingerprint density at radius 3 is 2.93 bits per heavy atom. The van der Waals surface area contributed by atoms with E-state index in [0.717, 1.165) is 15.8 Å². The third-order valence-corrected chi connectivity index (χ3v) is 2.37. The summed E-state index contributed by atoms with van der Waals surface area (Å²) in [4.78, 5) is 0. The Morgan fingerprint density at radius 1 is 1.36 bits per heavy atom. The van der Waals surface area contributed by atoms with Crippen LogP contribution in [0.1, 0.15) is 10.7 Å². The van der Waals surface area contributed by atoms with Gasteiger partial charge in [-0.1, -0.05) is 11.3 Å². The first-order valence-electron chi connectivity index (χ1n) is 4.15. The highest BCUT2D eigenvalue weighted by molar-refractivity contribution is 7.15.